The molecule has 0 saturated heterocycles. The Hall–Kier alpha value is -5.34. The second-order valence-corrected chi connectivity index (χ2v) is 12.9. The molecular weight excluding hydrogens is 544 g/mol. The van der Waals surface area contributed by atoms with Crippen LogP contribution in [0.2, 0.25) is 0 Å². The van der Waals surface area contributed by atoms with Crippen LogP contribution in [-0.4, -0.2) is 4.57 Å². The number of nitrogens with zero attached hydrogens (tertiary/aromatic N) is 2. The summed E-state index contributed by atoms with van der Waals surface area (Å²) < 4.78 is 2.46. The zero-order valence-corrected chi connectivity index (χ0v) is 25.7. The van der Waals surface area contributed by atoms with Gasteiger partial charge >= 0.3 is 0 Å². The lowest BCUT2D eigenvalue weighted by Gasteiger charge is -2.42. The van der Waals surface area contributed by atoms with Gasteiger partial charge < -0.3 is 9.47 Å². The van der Waals surface area contributed by atoms with E-state index in [-0.39, 0.29) is 5.41 Å². The number of allylic oxidation sites excluding steroid dienone is 4. The summed E-state index contributed by atoms with van der Waals surface area (Å²) in [6.45, 7) is 4.73. The van der Waals surface area contributed by atoms with Crippen LogP contribution in [-0.2, 0) is 5.41 Å². The van der Waals surface area contributed by atoms with Gasteiger partial charge in [-0.05, 0) is 100 Å². The van der Waals surface area contributed by atoms with E-state index in [0.29, 0.717) is 0 Å². The number of hydrogen-bond donors (Lipinski definition) is 0. The minimum Gasteiger partial charge on any atom is -0.310 e. The molecule has 45 heavy (non-hydrogen) atoms. The number of para-hydroxylation sites is 2. The lowest BCUT2D eigenvalue weighted by molar-refractivity contribution is 0.632. The Morgan fingerprint density at radius 3 is 2.18 bits per heavy atom. The number of fused-ring (bicyclic) bond motifs is 7. The molecule has 0 saturated carbocycles. The Kier molecular flexibility index (Phi) is 5.70. The second-order valence-electron chi connectivity index (χ2n) is 12.9. The van der Waals surface area contributed by atoms with Crippen molar-refractivity contribution in [2.45, 2.75) is 32.1 Å². The van der Waals surface area contributed by atoms with E-state index in [9.17, 15) is 0 Å². The fourth-order valence-corrected chi connectivity index (χ4v) is 7.75. The number of anilines is 3. The molecule has 9 rings (SSSR count). The predicted molar refractivity (Wildman–Crippen MR) is 192 cm³/mol. The number of rotatable bonds is 3. The summed E-state index contributed by atoms with van der Waals surface area (Å²) in [6, 6.07) is 47.1. The zero-order chi connectivity index (χ0) is 30.1. The first-order valence-electron chi connectivity index (χ1n) is 16.0. The van der Waals surface area contributed by atoms with Crippen LogP contribution in [0.1, 0.15) is 37.8 Å². The third-order valence-corrected chi connectivity index (χ3v) is 9.97. The van der Waals surface area contributed by atoms with Crippen LogP contribution in [0, 0.1) is 0 Å². The molecule has 1 aliphatic carbocycles. The molecule has 2 heterocycles. The summed E-state index contributed by atoms with van der Waals surface area (Å²) in [5.41, 5.74) is 12.5. The molecule has 0 atom stereocenters. The van der Waals surface area contributed by atoms with Crippen molar-refractivity contribution in [1.82, 2.24) is 4.57 Å². The van der Waals surface area contributed by atoms with Crippen LogP contribution in [0.15, 0.2) is 146 Å². The third-order valence-electron chi connectivity index (χ3n) is 9.97. The molecule has 1 aromatic heterocycles. The molecule has 0 spiro atoms. The highest BCUT2D eigenvalue weighted by Crippen LogP contribution is 2.52. The molecule has 2 nitrogen and oxygen atoms in total. The van der Waals surface area contributed by atoms with E-state index in [1.54, 1.807) is 0 Å². The Labute approximate surface area is 264 Å². The molecule has 0 N–H and O–H groups in total. The monoisotopic (exact) mass is 578 g/mol. The van der Waals surface area contributed by atoms with E-state index >= 15 is 0 Å². The number of aromatic nitrogens is 1. The Balaban J connectivity index is 1.28. The summed E-state index contributed by atoms with van der Waals surface area (Å²) in [7, 11) is 0. The van der Waals surface area contributed by atoms with Crippen molar-refractivity contribution >= 4 is 55.3 Å². The van der Waals surface area contributed by atoms with E-state index < -0.39 is 0 Å². The highest BCUT2D eigenvalue weighted by Gasteiger charge is 2.37. The molecule has 216 valence electrons. The average molecular weight is 579 g/mol. The van der Waals surface area contributed by atoms with Gasteiger partial charge in [-0.25, -0.2) is 0 Å². The SMILES string of the molecule is CC1(C)c2ccccc2N(c2ccccc2)c2ccc(-c3ccc4c(c3)c3c5ccccc5ccc3n4C3=CCCC=C3)cc21. The van der Waals surface area contributed by atoms with Gasteiger partial charge in [-0.3, -0.25) is 0 Å². The number of hydrogen-bond acceptors (Lipinski definition) is 1. The van der Waals surface area contributed by atoms with E-state index in [0.717, 1.165) is 12.8 Å². The maximum Gasteiger partial charge on any atom is 0.0547 e. The van der Waals surface area contributed by atoms with Crippen molar-refractivity contribution in [2.24, 2.45) is 0 Å². The molecule has 0 fully saturated rings. The zero-order valence-electron chi connectivity index (χ0n) is 25.7. The Morgan fingerprint density at radius 1 is 0.578 bits per heavy atom. The Morgan fingerprint density at radius 2 is 1.31 bits per heavy atom. The van der Waals surface area contributed by atoms with Crippen molar-refractivity contribution in [3.8, 4) is 11.1 Å². The van der Waals surface area contributed by atoms with Crippen molar-refractivity contribution in [2.75, 3.05) is 4.90 Å². The fourth-order valence-electron chi connectivity index (χ4n) is 7.75. The summed E-state index contributed by atoms with van der Waals surface area (Å²) in [5.74, 6) is 0. The Bertz CT molecular complexity index is 2350. The quantitative estimate of drug-likeness (QED) is 0.202. The maximum atomic E-state index is 2.46. The van der Waals surface area contributed by atoms with Crippen molar-refractivity contribution in [1.29, 1.82) is 0 Å². The van der Waals surface area contributed by atoms with Gasteiger partial charge in [0, 0.05) is 27.6 Å². The molecule has 6 aromatic carbocycles. The van der Waals surface area contributed by atoms with Gasteiger partial charge in [0.05, 0.1) is 22.4 Å². The van der Waals surface area contributed by atoms with Gasteiger partial charge in [0.15, 0.2) is 0 Å². The molecule has 2 heteroatoms. The molecule has 0 amide bonds. The maximum absolute atomic E-state index is 2.46. The van der Waals surface area contributed by atoms with Crippen LogP contribution in [0.3, 0.4) is 0 Å². The van der Waals surface area contributed by atoms with Crippen LogP contribution >= 0.6 is 0 Å². The summed E-state index contributed by atoms with van der Waals surface area (Å²) >= 11 is 0. The average Bonchev–Trinajstić information content (AvgIpc) is 3.43. The van der Waals surface area contributed by atoms with E-state index in [4.69, 9.17) is 0 Å². The normalized spacial score (nSPS) is 15.3. The van der Waals surface area contributed by atoms with Gasteiger partial charge in [0.25, 0.3) is 0 Å². The van der Waals surface area contributed by atoms with Crippen molar-refractivity contribution in [3.05, 3.63) is 157 Å². The first-order chi connectivity index (χ1) is 22.1. The summed E-state index contributed by atoms with van der Waals surface area (Å²) in [5, 5.41) is 5.20. The molecule has 1 aliphatic heterocycles. The van der Waals surface area contributed by atoms with Crippen LogP contribution in [0.4, 0.5) is 17.1 Å². The highest BCUT2D eigenvalue weighted by atomic mass is 15.2. The molecule has 0 bridgehead atoms. The smallest absolute Gasteiger partial charge is 0.0547 e. The van der Waals surface area contributed by atoms with Crippen molar-refractivity contribution < 1.29 is 0 Å². The molecular formula is C43H34N2. The summed E-state index contributed by atoms with van der Waals surface area (Å²) in [4.78, 5) is 2.42. The standard InChI is InChI=1S/C43H34N2/c1-43(2)36-19-11-12-20-39(36)45(33-16-7-4-8-17-33)40-25-23-31(28-37(40)43)30-22-24-38-35(27-30)42-34-18-10-9-13-29(34)21-26-41(42)44(38)32-14-5-3-6-15-32/h4-5,7-28H,3,6H2,1-2H3. The molecule has 0 radical (unpaired) electrons. The van der Waals surface area contributed by atoms with Crippen LogP contribution in [0.5, 0.6) is 0 Å². The molecule has 0 unspecified atom stereocenters. The van der Waals surface area contributed by atoms with Crippen LogP contribution < -0.4 is 4.90 Å². The lowest BCUT2D eigenvalue weighted by Crippen LogP contribution is -2.30. The minimum atomic E-state index is -0.149. The van der Waals surface area contributed by atoms with Gasteiger partial charge in [-0.2, -0.15) is 0 Å². The molecule has 2 aliphatic rings. The molecule has 7 aromatic rings. The minimum absolute atomic E-state index is 0.149. The van der Waals surface area contributed by atoms with Gasteiger partial charge in [0.2, 0.25) is 0 Å². The van der Waals surface area contributed by atoms with Gasteiger partial charge in [-0.1, -0.05) is 105 Å². The first-order valence-corrected chi connectivity index (χ1v) is 16.0. The first kappa shape index (κ1) is 26.1. The third kappa shape index (κ3) is 3.88. The lowest BCUT2D eigenvalue weighted by atomic mass is 9.73. The van der Waals surface area contributed by atoms with E-state index in [1.165, 1.54) is 77.6 Å². The second kappa shape index (κ2) is 9.84. The number of benzene rings is 6. The van der Waals surface area contributed by atoms with E-state index in [2.05, 4.69) is 169 Å². The fraction of sp³-hybridized carbons (Fsp3) is 0.116. The predicted octanol–water partition coefficient (Wildman–Crippen LogP) is 11.9. The van der Waals surface area contributed by atoms with E-state index in [1.807, 2.05) is 0 Å². The largest absolute Gasteiger partial charge is 0.310 e. The van der Waals surface area contributed by atoms with Gasteiger partial charge in [-0.15, -0.1) is 0 Å². The van der Waals surface area contributed by atoms with Crippen LogP contribution in [0.25, 0.3) is 49.4 Å². The van der Waals surface area contributed by atoms with Crippen molar-refractivity contribution in [3.63, 3.8) is 0 Å². The van der Waals surface area contributed by atoms with Gasteiger partial charge in [0.1, 0.15) is 0 Å². The highest BCUT2D eigenvalue weighted by molar-refractivity contribution is 6.22. The topological polar surface area (TPSA) is 8.17 Å². The summed E-state index contributed by atoms with van der Waals surface area (Å²) in [6.07, 6.45) is 9.15.